The lowest BCUT2D eigenvalue weighted by Crippen LogP contribution is -2.31. The van der Waals surface area contributed by atoms with Gasteiger partial charge in [0.25, 0.3) is 0 Å². The smallest absolute Gasteiger partial charge is 0.0549 e. The average Bonchev–Trinajstić information content (AvgIpc) is 2.33. The molecule has 0 saturated heterocycles. The maximum Gasteiger partial charge on any atom is 0.0549 e. The zero-order valence-electron chi connectivity index (χ0n) is 12.8. The molecule has 1 aliphatic carbocycles. The summed E-state index contributed by atoms with van der Waals surface area (Å²) in [5.74, 6) is 1.78. The van der Waals surface area contributed by atoms with E-state index in [-0.39, 0.29) is 6.10 Å². The van der Waals surface area contributed by atoms with E-state index in [1.807, 2.05) is 6.92 Å². The molecule has 2 nitrogen and oxygen atoms in total. The van der Waals surface area contributed by atoms with E-state index in [4.69, 9.17) is 0 Å². The maximum atomic E-state index is 9.48. The minimum atomic E-state index is -0.117. The standard InChI is InChI=1S/C16H33NO/c1-5-15(18)10-11-17-12-13-6-8-14(9-7-13)16(2,3)4/h13-15,17-18H,5-12H2,1-4H3. The van der Waals surface area contributed by atoms with Crippen LogP contribution >= 0.6 is 0 Å². The van der Waals surface area contributed by atoms with Gasteiger partial charge in [0.1, 0.15) is 0 Å². The Morgan fingerprint density at radius 2 is 1.78 bits per heavy atom. The second kappa shape index (κ2) is 7.49. The summed E-state index contributed by atoms with van der Waals surface area (Å²) < 4.78 is 0. The fourth-order valence-electron chi connectivity index (χ4n) is 3.01. The van der Waals surface area contributed by atoms with Crippen molar-refractivity contribution in [3.63, 3.8) is 0 Å². The van der Waals surface area contributed by atoms with Crippen LogP contribution in [0.25, 0.3) is 0 Å². The molecule has 0 amide bonds. The number of aliphatic hydroxyl groups excluding tert-OH is 1. The third-order valence-corrected chi connectivity index (χ3v) is 4.63. The van der Waals surface area contributed by atoms with Crippen LogP contribution in [0, 0.1) is 17.3 Å². The van der Waals surface area contributed by atoms with Crippen molar-refractivity contribution >= 4 is 0 Å². The summed E-state index contributed by atoms with van der Waals surface area (Å²) in [6.45, 7) is 11.3. The highest BCUT2D eigenvalue weighted by atomic mass is 16.3. The Balaban J connectivity index is 2.09. The molecule has 18 heavy (non-hydrogen) atoms. The zero-order valence-corrected chi connectivity index (χ0v) is 12.8. The molecule has 1 aliphatic rings. The first-order valence-electron chi connectivity index (χ1n) is 7.82. The minimum absolute atomic E-state index is 0.117. The largest absolute Gasteiger partial charge is 0.393 e. The molecule has 1 saturated carbocycles. The van der Waals surface area contributed by atoms with Gasteiger partial charge < -0.3 is 10.4 Å². The van der Waals surface area contributed by atoms with Crippen LogP contribution in [-0.4, -0.2) is 24.3 Å². The molecule has 2 heteroatoms. The van der Waals surface area contributed by atoms with E-state index in [9.17, 15) is 5.11 Å². The van der Waals surface area contributed by atoms with Gasteiger partial charge in [-0.3, -0.25) is 0 Å². The van der Waals surface area contributed by atoms with E-state index in [2.05, 4.69) is 26.1 Å². The number of hydrogen-bond acceptors (Lipinski definition) is 2. The minimum Gasteiger partial charge on any atom is -0.393 e. The van der Waals surface area contributed by atoms with Gasteiger partial charge in [-0.05, 0) is 68.9 Å². The molecule has 0 heterocycles. The van der Waals surface area contributed by atoms with E-state index < -0.39 is 0 Å². The Hall–Kier alpha value is -0.0800. The lowest BCUT2D eigenvalue weighted by molar-refractivity contribution is 0.144. The maximum absolute atomic E-state index is 9.48. The number of nitrogens with one attached hydrogen (secondary N) is 1. The Morgan fingerprint density at radius 3 is 2.28 bits per heavy atom. The highest BCUT2D eigenvalue weighted by molar-refractivity contribution is 4.81. The molecule has 0 radical (unpaired) electrons. The number of rotatable bonds is 6. The van der Waals surface area contributed by atoms with Crippen LogP contribution in [0.15, 0.2) is 0 Å². The highest BCUT2D eigenvalue weighted by Crippen LogP contribution is 2.39. The lowest BCUT2D eigenvalue weighted by Gasteiger charge is -2.37. The first-order chi connectivity index (χ1) is 8.43. The average molecular weight is 255 g/mol. The molecule has 2 N–H and O–H groups in total. The number of hydrogen-bond donors (Lipinski definition) is 2. The van der Waals surface area contributed by atoms with E-state index >= 15 is 0 Å². The summed E-state index contributed by atoms with van der Waals surface area (Å²) in [6.07, 6.45) is 7.21. The highest BCUT2D eigenvalue weighted by Gasteiger charge is 2.29. The first kappa shape index (κ1) is 16.0. The Labute approximate surface area is 114 Å². The van der Waals surface area contributed by atoms with Crippen LogP contribution < -0.4 is 5.32 Å². The summed E-state index contributed by atoms with van der Waals surface area (Å²) in [7, 11) is 0. The molecule has 1 atom stereocenters. The summed E-state index contributed by atoms with van der Waals surface area (Å²) >= 11 is 0. The van der Waals surface area contributed by atoms with Crippen molar-refractivity contribution in [2.24, 2.45) is 17.3 Å². The molecular formula is C16H33NO. The first-order valence-corrected chi connectivity index (χ1v) is 7.82. The van der Waals surface area contributed by atoms with Crippen LogP contribution in [0.1, 0.15) is 66.2 Å². The van der Waals surface area contributed by atoms with Crippen molar-refractivity contribution in [2.45, 2.75) is 72.3 Å². The Morgan fingerprint density at radius 1 is 1.17 bits per heavy atom. The second-order valence-electron chi connectivity index (χ2n) is 7.14. The van der Waals surface area contributed by atoms with Crippen molar-refractivity contribution in [1.29, 1.82) is 0 Å². The third kappa shape index (κ3) is 5.71. The van der Waals surface area contributed by atoms with Crippen molar-refractivity contribution in [1.82, 2.24) is 5.32 Å². The van der Waals surface area contributed by atoms with Gasteiger partial charge in [-0.2, -0.15) is 0 Å². The van der Waals surface area contributed by atoms with Crippen LogP contribution in [0.5, 0.6) is 0 Å². The van der Waals surface area contributed by atoms with Gasteiger partial charge in [0.15, 0.2) is 0 Å². The summed E-state index contributed by atoms with van der Waals surface area (Å²) in [5, 5.41) is 13.0. The predicted octanol–water partition coefficient (Wildman–Crippen LogP) is 3.59. The van der Waals surface area contributed by atoms with Gasteiger partial charge in [-0.1, -0.05) is 27.7 Å². The third-order valence-electron chi connectivity index (χ3n) is 4.63. The van der Waals surface area contributed by atoms with Crippen molar-refractivity contribution in [3.05, 3.63) is 0 Å². The van der Waals surface area contributed by atoms with E-state index in [0.717, 1.165) is 37.8 Å². The van der Waals surface area contributed by atoms with Crippen molar-refractivity contribution < 1.29 is 5.11 Å². The molecule has 0 aromatic heterocycles. The van der Waals surface area contributed by atoms with Gasteiger partial charge >= 0.3 is 0 Å². The van der Waals surface area contributed by atoms with Gasteiger partial charge in [0.2, 0.25) is 0 Å². The normalized spacial score (nSPS) is 27.2. The van der Waals surface area contributed by atoms with Gasteiger partial charge in [0.05, 0.1) is 6.10 Å². The second-order valence-corrected chi connectivity index (χ2v) is 7.14. The molecule has 0 aromatic carbocycles. The monoisotopic (exact) mass is 255 g/mol. The topological polar surface area (TPSA) is 32.3 Å². The fourth-order valence-corrected chi connectivity index (χ4v) is 3.01. The van der Waals surface area contributed by atoms with Gasteiger partial charge in [-0.25, -0.2) is 0 Å². The quantitative estimate of drug-likeness (QED) is 0.711. The molecule has 0 aliphatic heterocycles. The molecule has 0 bridgehead atoms. The Bertz CT molecular complexity index is 214. The summed E-state index contributed by atoms with van der Waals surface area (Å²) in [5.41, 5.74) is 0.490. The van der Waals surface area contributed by atoms with Crippen LogP contribution in [0.2, 0.25) is 0 Å². The Kier molecular flexibility index (Phi) is 6.65. The van der Waals surface area contributed by atoms with E-state index in [1.165, 1.54) is 25.7 Å². The number of aliphatic hydroxyl groups is 1. The van der Waals surface area contributed by atoms with Gasteiger partial charge in [0, 0.05) is 0 Å². The molecule has 1 fully saturated rings. The molecule has 0 spiro atoms. The van der Waals surface area contributed by atoms with Crippen LogP contribution in [0.3, 0.4) is 0 Å². The van der Waals surface area contributed by atoms with Crippen LogP contribution in [0.4, 0.5) is 0 Å². The van der Waals surface area contributed by atoms with Gasteiger partial charge in [-0.15, -0.1) is 0 Å². The van der Waals surface area contributed by atoms with E-state index in [1.54, 1.807) is 0 Å². The summed E-state index contributed by atoms with van der Waals surface area (Å²) in [4.78, 5) is 0. The zero-order chi connectivity index (χ0) is 13.6. The molecule has 1 unspecified atom stereocenters. The summed E-state index contributed by atoms with van der Waals surface area (Å²) in [6, 6.07) is 0. The van der Waals surface area contributed by atoms with Crippen molar-refractivity contribution in [3.8, 4) is 0 Å². The molecular weight excluding hydrogens is 222 g/mol. The van der Waals surface area contributed by atoms with E-state index in [0.29, 0.717) is 5.41 Å². The lowest BCUT2D eigenvalue weighted by atomic mass is 9.70. The molecule has 0 aromatic rings. The SMILES string of the molecule is CCC(O)CCNCC1CCC(C(C)(C)C)CC1. The molecule has 1 rings (SSSR count). The van der Waals surface area contributed by atoms with Crippen molar-refractivity contribution in [2.75, 3.05) is 13.1 Å². The molecule has 108 valence electrons. The van der Waals surface area contributed by atoms with Crippen LogP contribution in [-0.2, 0) is 0 Å². The fraction of sp³-hybridized carbons (Fsp3) is 1.00. The predicted molar refractivity (Wildman–Crippen MR) is 78.7 cm³/mol.